The van der Waals surface area contributed by atoms with E-state index in [2.05, 4.69) is 5.10 Å². The number of hydrogen-bond acceptors (Lipinski definition) is 6. The first kappa shape index (κ1) is 20.9. The highest BCUT2D eigenvalue weighted by Gasteiger charge is 2.21. The van der Waals surface area contributed by atoms with Crippen molar-refractivity contribution in [2.45, 2.75) is 19.2 Å². The normalized spacial score (nSPS) is 11.4. The number of sulfone groups is 1. The number of nitrogens with zero attached hydrogens (tertiary/aromatic N) is 1. The molecule has 1 N–H and O–H groups in total. The number of aromatic amines is 1. The number of carbonyl (C=O) groups excluding carboxylic acids is 2. The van der Waals surface area contributed by atoms with Crippen molar-refractivity contribution in [3.63, 3.8) is 0 Å². The summed E-state index contributed by atoms with van der Waals surface area (Å²) >= 11 is 5.51. The molecule has 10 heteroatoms. The van der Waals surface area contributed by atoms with Gasteiger partial charge < -0.3 is 9.84 Å². The molecule has 0 bridgehead atoms. The number of H-pyrrole nitrogens is 1. The van der Waals surface area contributed by atoms with Gasteiger partial charge in [0.15, 0.2) is 15.6 Å². The molecule has 0 radical (unpaired) electrons. The van der Waals surface area contributed by atoms with Gasteiger partial charge in [-0.05, 0) is 18.6 Å². The zero-order chi connectivity index (χ0) is 20.2. The van der Waals surface area contributed by atoms with Gasteiger partial charge in [0.05, 0.1) is 17.2 Å². The molecular weight excluding hydrogens is 396 g/mol. The number of hydrogen-bond donors (Lipinski definition) is 1. The van der Waals surface area contributed by atoms with Crippen LogP contribution in [0.15, 0.2) is 29.2 Å². The van der Waals surface area contributed by atoms with Crippen LogP contribution in [0, 0.1) is 0 Å². The summed E-state index contributed by atoms with van der Waals surface area (Å²) in [5.41, 5.74) is -0.331. The quantitative estimate of drug-likeness (QED) is 0.396. The van der Waals surface area contributed by atoms with Crippen LogP contribution in [-0.2, 0) is 26.9 Å². The van der Waals surface area contributed by atoms with Gasteiger partial charge in [0.25, 0.3) is 5.56 Å². The number of esters is 1. The van der Waals surface area contributed by atoms with Gasteiger partial charge in [-0.15, -0.1) is 11.6 Å². The Morgan fingerprint density at radius 2 is 1.96 bits per heavy atom. The number of halogens is 1. The standard InChI is InChI=1S/C17H19ClN2O6S/c1-3-20-16(22)14(9-19-20)15(21)11-4-5-12(10-27(2,24)25)13(8-11)17(23)26-7-6-18/h4-5,8-9,19H,3,6-7,10H2,1-2H3. The molecule has 0 aliphatic carbocycles. The molecule has 0 aliphatic heterocycles. The minimum Gasteiger partial charge on any atom is -0.461 e. The lowest BCUT2D eigenvalue weighted by Gasteiger charge is -2.10. The maximum Gasteiger partial charge on any atom is 0.338 e. The number of aryl methyl sites for hydroxylation is 1. The van der Waals surface area contributed by atoms with E-state index in [1.807, 2.05) is 0 Å². The predicted octanol–water partition coefficient (Wildman–Crippen LogP) is 1.37. The summed E-state index contributed by atoms with van der Waals surface area (Å²) in [4.78, 5) is 37.1. The molecule has 0 aliphatic rings. The zero-order valence-electron chi connectivity index (χ0n) is 14.8. The van der Waals surface area contributed by atoms with Crippen LogP contribution in [0.1, 0.15) is 38.8 Å². The molecule has 0 saturated heterocycles. The van der Waals surface area contributed by atoms with Crippen LogP contribution in [0.3, 0.4) is 0 Å². The van der Waals surface area contributed by atoms with E-state index in [9.17, 15) is 22.8 Å². The van der Waals surface area contributed by atoms with Gasteiger partial charge >= 0.3 is 5.97 Å². The fourth-order valence-electron chi connectivity index (χ4n) is 2.49. The van der Waals surface area contributed by atoms with Crippen LogP contribution < -0.4 is 5.56 Å². The molecule has 8 nitrogen and oxygen atoms in total. The first-order chi connectivity index (χ1) is 12.7. The van der Waals surface area contributed by atoms with Gasteiger partial charge in [0.1, 0.15) is 12.2 Å². The number of ether oxygens (including phenoxy) is 1. The van der Waals surface area contributed by atoms with Crippen LogP contribution in [0.4, 0.5) is 0 Å². The first-order valence-corrected chi connectivity index (χ1v) is 10.6. The number of rotatable bonds is 8. The SMILES string of the molecule is CCn1[nH]cc(C(=O)c2ccc(CS(C)(=O)=O)c(C(=O)OCCCl)c2)c1=O. The third-order valence-electron chi connectivity index (χ3n) is 3.72. The van der Waals surface area contributed by atoms with Crippen LogP contribution in [0.2, 0.25) is 0 Å². The molecule has 0 saturated carbocycles. The summed E-state index contributed by atoms with van der Waals surface area (Å²) in [7, 11) is -3.42. The molecule has 0 fully saturated rings. The minimum absolute atomic E-state index is 0.0530. The molecular formula is C17H19ClN2O6S. The van der Waals surface area contributed by atoms with E-state index < -0.39 is 27.1 Å². The van der Waals surface area contributed by atoms with E-state index in [4.69, 9.17) is 16.3 Å². The number of carbonyl (C=O) groups is 2. The Morgan fingerprint density at radius 1 is 1.26 bits per heavy atom. The number of ketones is 1. The maximum atomic E-state index is 12.7. The van der Waals surface area contributed by atoms with Crippen LogP contribution in [0.5, 0.6) is 0 Å². The molecule has 1 heterocycles. The van der Waals surface area contributed by atoms with E-state index in [1.165, 1.54) is 29.1 Å². The second-order valence-electron chi connectivity index (χ2n) is 5.83. The molecule has 2 rings (SSSR count). The van der Waals surface area contributed by atoms with Crippen LogP contribution >= 0.6 is 11.6 Å². The molecule has 0 spiro atoms. The lowest BCUT2D eigenvalue weighted by molar-refractivity contribution is 0.0528. The largest absolute Gasteiger partial charge is 0.461 e. The Hall–Kier alpha value is -2.39. The molecule has 0 unspecified atom stereocenters. The van der Waals surface area contributed by atoms with Crippen molar-refractivity contribution < 1.29 is 22.7 Å². The molecule has 146 valence electrons. The third-order valence-corrected chi connectivity index (χ3v) is 4.71. The Morgan fingerprint density at radius 3 is 2.52 bits per heavy atom. The lowest BCUT2D eigenvalue weighted by atomic mass is 10.00. The summed E-state index contributed by atoms with van der Waals surface area (Å²) in [6, 6.07) is 3.99. The second kappa shape index (κ2) is 8.53. The van der Waals surface area contributed by atoms with Crippen molar-refractivity contribution in [2.24, 2.45) is 0 Å². The lowest BCUT2D eigenvalue weighted by Crippen LogP contribution is -2.21. The smallest absolute Gasteiger partial charge is 0.338 e. The minimum atomic E-state index is -3.42. The molecule has 1 aromatic carbocycles. The van der Waals surface area contributed by atoms with Crippen LogP contribution in [-0.4, -0.2) is 48.7 Å². The summed E-state index contributed by atoms with van der Waals surface area (Å²) in [6.07, 6.45) is 2.33. The van der Waals surface area contributed by atoms with E-state index in [-0.39, 0.29) is 40.5 Å². The van der Waals surface area contributed by atoms with E-state index in [1.54, 1.807) is 6.92 Å². The van der Waals surface area contributed by atoms with Crippen molar-refractivity contribution in [1.82, 2.24) is 9.78 Å². The molecule has 27 heavy (non-hydrogen) atoms. The Balaban J connectivity index is 2.49. The van der Waals surface area contributed by atoms with Gasteiger partial charge in [0.2, 0.25) is 0 Å². The fraction of sp³-hybridized carbons (Fsp3) is 0.353. The van der Waals surface area contributed by atoms with E-state index >= 15 is 0 Å². The molecule has 0 amide bonds. The number of alkyl halides is 1. The monoisotopic (exact) mass is 414 g/mol. The summed E-state index contributed by atoms with van der Waals surface area (Å²) < 4.78 is 29.5. The van der Waals surface area contributed by atoms with Crippen LogP contribution in [0.25, 0.3) is 0 Å². The second-order valence-corrected chi connectivity index (χ2v) is 8.35. The van der Waals surface area contributed by atoms with E-state index in [0.717, 1.165) is 6.26 Å². The van der Waals surface area contributed by atoms with Crippen molar-refractivity contribution in [1.29, 1.82) is 0 Å². The van der Waals surface area contributed by atoms with E-state index in [0.29, 0.717) is 6.54 Å². The molecule has 2 aromatic rings. The van der Waals surface area contributed by atoms with Crippen molar-refractivity contribution in [3.05, 3.63) is 57.0 Å². The first-order valence-electron chi connectivity index (χ1n) is 8.04. The van der Waals surface area contributed by atoms with Crippen molar-refractivity contribution >= 4 is 33.2 Å². The average molecular weight is 415 g/mol. The zero-order valence-corrected chi connectivity index (χ0v) is 16.4. The topological polar surface area (TPSA) is 115 Å². The van der Waals surface area contributed by atoms with Gasteiger partial charge in [-0.25, -0.2) is 13.2 Å². The van der Waals surface area contributed by atoms with Crippen molar-refractivity contribution in [2.75, 3.05) is 18.7 Å². The Labute approximate surface area is 161 Å². The Kier molecular flexibility index (Phi) is 6.61. The predicted molar refractivity (Wildman–Crippen MR) is 100 cm³/mol. The van der Waals surface area contributed by atoms with Crippen molar-refractivity contribution in [3.8, 4) is 0 Å². The summed E-state index contributed by atoms with van der Waals surface area (Å²) in [6.45, 7) is 2.06. The molecule has 0 atom stereocenters. The summed E-state index contributed by atoms with van der Waals surface area (Å²) in [5, 5.41) is 2.68. The van der Waals surface area contributed by atoms with Gasteiger partial charge in [-0.1, -0.05) is 12.1 Å². The number of benzene rings is 1. The van der Waals surface area contributed by atoms with Gasteiger partial charge in [-0.3, -0.25) is 14.3 Å². The Bertz CT molecular complexity index is 1020. The highest BCUT2D eigenvalue weighted by Crippen LogP contribution is 2.18. The average Bonchev–Trinajstić information content (AvgIpc) is 2.98. The molecule has 1 aromatic heterocycles. The summed E-state index contributed by atoms with van der Waals surface area (Å²) in [5.74, 6) is -1.68. The van der Waals surface area contributed by atoms with Gasteiger partial charge in [-0.2, -0.15) is 0 Å². The maximum absolute atomic E-state index is 12.7. The number of nitrogens with one attached hydrogen (secondary N) is 1. The highest BCUT2D eigenvalue weighted by molar-refractivity contribution is 7.89. The highest BCUT2D eigenvalue weighted by atomic mass is 35.5. The van der Waals surface area contributed by atoms with Gasteiger partial charge in [0, 0.05) is 24.6 Å². The fourth-order valence-corrected chi connectivity index (χ4v) is 3.38. The number of aromatic nitrogens is 2. The third kappa shape index (κ3) is 5.08.